The Bertz CT molecular complexity index is 1250. The highest BCUT2D eigenvalue weighted by atomic mass is 35.5. The lowest BCUT2D eigenvalue weighted by Crippen LogP contribution is -2.20. The Morgan fingerprint density at radius 2 is 1.80 bits per heavy atom. The molecule has 0 fully saturated rings. The van der Waals surface area contributed by atoms with E-state index in [1.54, 1.807) is 36.4 Å². The minimum atomic E-state index is -0.547. The van der Waals surface area contributed by atoms with Gasteiger partial charge in [-0.1, -0.05) is 48.0 Å². The van der Waals surface area contributed by atoms with Gasteiger partial charge in [0, 0.05) is 17.3 Å². The summed E-state index contributed by atoms with van der Waals surface area (Å²) in [7, 11) is 1.41. The molecule has 2 amide bonds. The van der Waals surface area contributed by atoms with Crippen molar-refractivity contribution in [3.63, 3.8) is 0 Å². The molecule has 3 aromatic rings. The second-order valence-electron chi connectivity index (χ2n) is 7.09. The zero-order valence-electron chi connectivity index (χ0n) is 18.6. The summed E-state index contributed by atoms with van der Waals surface area (Å²) < 4.78 is 10.9. The Morgan fingerprint density at radius 3 is 2.51 bits per heavy atom. The number of nitrogens with one attached hydrogen (secondary N) is 2. The van der Waals surface area contributed by atoms with Gasteiger partial charge in [0.1, 0.15) is 0 Å². The van der Waals surface area contributed by atoms with E-state index >= 15 is 0 Å². The molecule has 0 bridgehead atoms. The fourth-order valence-corrected chi connectivity index (χ4v) is 3.31. The van der Waals surface area contributed by atoms with Crippen molar-refractivity contribution in [1.82, 2.24) is 5.43 Å². The van der Waals surface area contributed by atoms with Crippen molar-refractivity contribution >= 4 is 41.0 Å². The van der Waals surface area contributed by atoms with Crippen LogP contribution in [0.5, 0.6) is 11.5 Å². The van der Waals surface area contributed by atoms with Gasteiger partial charge in [0.2, 0.25) is 5.91 Å². The van der Waals surface area contributed by atoms with Crippen LogP contribution in [-0.2, 0) is 16.0 Å². The Labute approximate surface area is 205 Å². The van der Waals surface area contributed by atoms with E-state index in [0.717, 1.165) is 0 Å². The minimum absolute atomic E-state index is 0.142. The molecule has 11 heteroatoms. The summed E-state index contributed by atoms with van der Waals surface area (Å²) in [5, 5.41) is 17.8. The van der Waals surface area contributed by atoms with E-state index in [4.69, 9.17) is 21.1 Å². The molecule has 0 saturated carbocycles. The first-order valence-electron chi connectivity index (χ1n) is 10.3. The first-order chi connectivity index (χ1) is 16.9. The summed E-state index contributed by atoms with van der Waals surface area (Å²) in [6.45, 7) is -0.292. The number of nitro groups is 1. The molecule has 0 aliphatic heterocycles. The highest BCUT2D eigenvalue weighted by molar-refractivity contribution is 6.32. The molecule has 10 nitrogen and oxygen atoms in total. The van der Waals surface area contributed by atoms with Crippen LogP contribution in [0.3, 0.4) is 0 Å². The first-order valence-corrected chi connectivity index (χ1v) is 10.6. The van der Waals surface area contributed by atoms with Crippen LogP contribution in [-0.4, -0.2) is 36.7 Å². The molecule has 3 aromatic carbocycles. The number of benzene rings is 3. The zero-order valence-corrected chi connectivity index (χ0v) is 19.3. The summed E-state index contributed by atoms with van der Waals surface area (Å²) in [5.74, 6) is -0.466. The Balaban J connectivity index is 1.60. The number of hydrogen-bond acceptors (Lipinski definition) is 7. The van der Waals surface area contributed by atoms with Crippen molar-refractivity contribution in [2.75, 3.05) is 19.0 Å². The standard InChI is InChI=1S/C24H21ClN4O6/c1-34-21-12-16(14-26-28-22(30)13-17-7-5-6-10-20(17)29(32)33)11-19(25)24(21)35-15-23(31)27-18-8-3-2-4-9-18/h2-12,14H,13,15H2,1H3,(H,27,31)(H,28,30). The van der Waals surface area contributed by atoms with Crippen molar-refractivity contribution < 1.29 is 24.0 Å². The van der Waals surface area contributed by atoms with Crippen LogP contribution in [0, 0.1) is 10.1 Å². The van der Waals surface area contributed by atoms with E-state index in [0.29, 0.717) is 11.3 Å². The van der Waals surface area contributed by atoms with Crippen LogP contribution in [0.2, 0.25) is 5.02 Å². The van der Waals surface area contributed by atoms with Gasteiger partial charge in [0.15, 0.2) is 18.1 Å². The predicted molar refractivity (Wildman–Crippen MR) is 131 cm³/mol. The van der Waals surface area contributed by atoms with E-state index < -0.39 is 10.8 Å². The highest BCUT2D eigenvalue weighted by Gasteiger charge is 2.16. The molecular formula is C24H21ClN4O6. The van der Waals surface area contributed by atoms with Crippen LogP contribution in [0.1, 0.15) is 11.1 Å². The maximum absolute atomic E-state index is 12.1. The Kier molecular flexibility index (Phi) is 8.74. The maximum Gasteiger partial charge on any atom is 0.273 e. The van der Waals surface area contributed by atoms with Crippen LogP contribution in [0.15, 0.2) is 71.8 Å². The number of carbonyl (C=O) groups excluding carboxylic acids is 2. The number of anilines is 1. The van der Waals surface area contributed by atoms with Crippen LogP contribution < -0.4 is 20.2 Å². The first kappa shape index (κ1) is 25.2. The number of ether oxygens (including phenoxy) is 2. The topological polar surface area (TPSA) is 132 Å². The van der Waals surface area contributed by atoms with Gasteiger partial charge in [0.25, 0.3) is 11.6 Å². The normalized spacial score (nSPS) is 10.6. The van der Waals surface area contributed by atoms with Crippen molar-refractivity contribution in [3.05, 3.63) is 93.0 Å². The van der Waals surface area contributed by atoms with E-state index in [-0.39, 0.29) is 46.7 Å². The summed E-state index contributed by atoms with van der Waals surface area (Å²) in [6, 6.07) is 18.0. The molecule has 35 heavy (non-hydrogen) atoms. The van der Waals surface area contributed by atoms with E-state index in [2.05, 4.69) is 15.8 Å². The molecule has 0 heterocycles. The molecule has 0 spiro atoms. The fourth-order valence-electron chi connectivity index (χ4n) is 3.04. The quantitative estimate of drug-likeness (QED) is 0.248. The maximum atomic E-state index is 12.1. The molecule has 0 radical (unpaired) electrons. The molecule has 0 atom stereocenters. The number of para-hydroxylation sites is 2. The Hall–Kier alpha value is -4.44. The molecule has 0 aliphatic carbocycles. The van der Waals surface area contributed by atoms with Crippen LogP contribution >= 0.6 is 11.6 Å². The number of hydrazone groups is 1. The van der Waals surface area contributed by atoms with Crippen molar-refractivity contribution in [1.29, 1.82) is 0 Å². The molecule has 180 valence electrons. The second kappa shape index (κ2) is 12.1. The van der Waals surface area contributed by atoms with E-state index in [1.165, 1.54) is 37.6 Å². The third-order valence-electron chi connectivity index (χ3n) is 4.60. The number of methoxy groups -OCH3 is 1. The molecule has 0 unspecified atom stereocenters. The lowest BCUT2D eigenvalue weighted by molar-refractivity contribution is -0.385. The molecule has 0 aliphatic rings. The van der Waals surface area contributed by atoms with Gasteiger partial charge < -0.3 is 14.8 Å². The van der Waals surface area contributed by atoms with Gasteiger partial charge in [-0.05, 0) is 29.8 Å². The van der Waals surface area contributed by atoms with Gasteiger partial charge in [-0.15, -0.1) is 0 Å². The average molecular weight is 497 g/mol. The third-order valence-corrected chi connectivity index (χ3v) is 4.88. The van der Waals surface area contributed by atoms with Gasteiger partial charge in [-0.25, -0.2) is 5.43 Å². The summed E-state index contributed by atoms with van der Waals surface area (Å²) in [5.41, 5.74) is 3.57. The van der Waals surface area contributed by atoms with Crippen molar-refractivity contribution in [2.24, 2.45) is 5.10 Å². The van der Waals surface area contributed by atoms with Crippen molar-refractivity contribution in [3.8, 4) is 11.5 Å². The number of rotatable bonds is 10. The average Bonchev–Trinajstić information content (AvgIpc) is 2.84. The third kappa shape index (κ3) is 7.27. The van der Waals surface area contributed by atoms with E-state index in [9.17, 15) is 19.7 Å². The molecule has 2 N–H and O–H groups in total. The molecular weight excluding hydrogens is 476 g/mol. The summed E-state index contributed by atoms with van der Waals surface area (Å²) >= 11 is 6.30. The number of hydrogen-bond donors (Lipinski definition) is 2. The minimum Gasteiger partial charge on any atom is -0.493 e. The number of halogens is 1. The lowest BCUT2D eigenvalue weighted by Gasteiger charge is -2.13. The van der Waals surface area contributed by atoms with Gasteiger partial charge in [-0.2, -0.15) is 5.10 Å². The van der Waals surface area contributed by atoms with Crippen LogP contribution in [0.4, 0.5) is 11.4 Å². The number of amides is 2. The fraction of sp³-hybridized carbons (Fsp3) is 0.125. The predicted octanol–water partition coefficient (Wildman–Crippen LogP) is 3.97. The monoisotopic (exact) mass is 496 g/mol. The van der Waals surface area contributed by atoms with Crippen molar-refractivity contribution in [2.45, 2.75) is 6.42 Å². The van der Waals surface area contributed by atoms with Gasteiger partial charge in [0.05, 0.1) is 29.7 Å². The summed E-state index contributed by atoms with van der Waals surface area (Å²) in [4.78, 5) is 34.8. The zero-order chi connectivity index (χ0) is 25.2. The molecule has 0 saturated heterocycles. The lowest BCUT2D eigenvalue weighted by atomic mass is 10.1. The SMILES string of the molecule is COc1cc(C=NNC(=O)Cc2ccccc2[N+](=O)[O-])cc(Cl)c1OCC(=O)Nc1ccccc1. The van der Waals surface area contributed by atoms with Crippen LogP contribution in [0.25, 0.3) is 0 Å². The molecule has 0 aromatic heterocycles. The largest absolute Gasteiger partial charge is 0.493 e. The highest BCUT2D eigenvalue weighted by Crippen LogP contribution is 2.36. The van der Waals surface area contributed by atoms with Gasteiger partial charge in [-0.3, -0.25) is 19.7 Å². The summed E-state index contributed by atoms with van der Waals surface area (Å²) in [6.07, 6.45) is 1.12. The molecule has 3 rings (SSSR count). The number of nitro benzene ring substituents is 1. The number of carbonyl (C=O) groups is 2. The smallest absolute Gasteiger partial charge is 0.273 e. The second-order valence-corrected chi connectivity index (χ2v) is 7.50. The Morgan fingerprint density at radius 1 is 1.09 bits per heavy atom. The number of nitrogens with zero attached hydrogens (tertiary/aromatic N) is 2. The van der Waals surface area contributed by atoms with E-state index in [1.807, 2.05) is 6.07 Å². The van der Waals surface area contributed by atoms with Gasteiger partial charge >= 0.3 is 0 Å².